The zero-order chi connectivity index (χ0) is 18.3. The SMILES string of the molecule is CCN(CC)C(=O)COc1ccc(NC(=O)C(C)C(C)N)cc1Cl. The molecule has 6 nitrogen and oxygen atoms in total. The normalized spacial score (nSPS) is 13.1. The van der Waals surface area contributed by atoms with Crippen LogP contribution in [-0.2, 0) is 9.59 Å². The molecule has 1 rings (SSSR count). The van der Waals surface area contributed by atoms with Gasteiger partial charge >= 0.3 is 0 Å². The van der Waals surface area contributed by atoms with Gasteiger partial charge in [-0.2, -0.15) is 0 Å². The number of carbonyl (C=O) groups excluding carboxylic acids is 2. The highest BCUT2D eigenvalue weighted by Gasteiger charge is 2.17. The molecule has 0 radical (unpaired) electrons. The van der Waals surface area contributed by atoms with Crippen molar-refractivity contribution in [2.75, 3.05) is 25.0 Å². The fourth-order valence-electron chi connectivity index (χ4n) is 2.00. The van der Waals surface area contributed by atoms with E-state index in [0.717, 1.165) is 0 Å². The van der Waals surface area contributed by atoms with Crippen molar-refractivity contribution in [1.29, 1.82) is 0 Å². The van der Waals surface area contributed by atoms with Crippen molar-refractivity contribution in [3.05, 3.63) is 23.2 Å². The van der Waals surface area contributed by atoms with Crippen LogP contribution in [0.15, 0.2) is 18.2 Å². The Morgan fingerprint density at radius 3 is 2.42 bits per heavy atom. The lowest BCUT2D eigenvalue weighted by Gasteiger charge is -2.19. The fraction of sp³-hybridized carbons (Fsp3) is 0.529. The number of hydrogen-bond donors (Lipinski definition) is 2. The predicted octanol–water partition coefficient (Wildman–Crippen LogP) is 2.51. The Kier molecular flexibility index (Phi) is 8.01. The van der Waals surface area contributed by atoms with Crippen LogP contribution in [0, 0.1) is 5.92 Å². The maximum Gasteiger partial charge on any atom is 0.260 e. The van der Waals surface area contributed by atoms with Crippen LogP contribution in [0.2, 0.25) is 5.02 Å². The number of halogens is 1. The number of likely N-dealkylation sites (N-methyl/N-ethyl adjacent to an activating group) is 1. The Balaban J connectivity index is 2.68. The molecule has 0 aromatic heterocycles. The van der Waals surface area contributed by atoms with Crippen LogP contribution >= 0.6 is 11.6 Å². The predicted molar refractivity (Wildman–Crippen MR) is 96.3 cm³/mol. The largest absolute Gasteiger partial charge is 0.482 e. The molecule has 134 valence electrons. The summed E-state index contributed by atoms with van der Waals surface area (Å²) < 4.78 is 5.47. The van der Waals surface area contributed by atoms with Gasteiger partial charge in [0.25, 0.3) is 5.91 Å². The molecule has 2 unspecified atom stereocenters. The van der Waals surface area contributed by atoms with E-state index in [9.17, 15) is 9.59 Å². The molecule has 0 aliphatic rings. The average molecular weight is 356 g/mol. The molecule has 2 atom stereocenters. The molecule has 3 N–H and O–H groups in total. The Labute approximate surface area is 148 Å². The van der Waals surface area contributed by atoms with Gasteiger partial charge in [-0.05, 0) is 39.0 Å². The van der Waals surface area contributed by atoms with E-state index >= 15 is 0 Å². The number of nitrogens with zero attached hydrogens (tertiary/aromatic N) is 1. The van der Waals surface area contributed by atoms with E-state index in [1.165, 1.54) is 0 Å². The lowest BCUT2D eigenvalue weighted by molar-refractivity contribution is -0.133. The number of ether oxygens (including phenoxy) is 1. The topological polar surface area (TPSA) is 84.7 Å². The molecule has 1 aromatic carbocycles. The third-order valence-electron chi connectivity index (χ3n) is 3.87. The van der Waals surface area contributed by atoms with E-state index in [1.807, 2.05) is 13.8 Å². The van der Waals surface area contributed by atoms with Crippen LogP contribution < -0.4 is 15.8 Å². The van der Waals surface area contributed by atoms with Crippen LogP contribution in [0.3, 0.4) is 0 Å². The number of benzene rings is 1. The summed E-state index contributed by atoms with van der Waals surface area (Å²) >= 11 is 6.16. The summed E-state index contributed by atoms with van der Waals surface area (Å²) in [5.41, 5.74) is 6.27. The highest BCUT2D eigenvalue weighted by molar-refractivity contribution is 6.32. The quantitative estimate of drug-likeness (QED) is 0.750. The van der Waals surface area contributed by atoms with Crippen LogP contribution in [0.25, 0.3) is 0 Å². The first-order chi connectivity index (χ1) is 11.3. The number of nitrogens with one attached hydrogen (secondary N) is 1. The Hall–Kier alpha value is -1.79. The van der Waals surface area contributed by atoms with E-state index in [4.69, 9.17) is 22.1 Å². The summed E-state index contributed by atoms with van der Waals surface area (Å²) in [4.78, 5) is 25.6. The fourth-order valence-corrected chi connectivity index (χ4v) is 2.23. The molecular formula is C17H26ClN3O3. The lowest BCUT2D eigenvalue weighted by atomic mass is 10.0. The van der Waals surface area contributed by atoms with Crippen molar-refractivity contribution in [3.8, 4) is 5.75 Å². The summed E-state index contributed by atoms with van der Waals surface area (Å²) in [5.74, 6) is -0.188. The Morgan fingerprint density at radius 1 is 1.29 bits per heavy atom. The van der Waals surface area contributed by atoms with E-state index in [2.05, 4.69) is 5.32 Å². The number of rotatable bonds is 8. The second-order valence-corrected chi connectivity index (χ2v) is 6.04. The number of carbonyl (C=O) groups is 2. The van der Waals surface area contributed by atoms with E-state index < -0.39 is 0 Å². The van der Waals surface area contributed by atoms with Crippen molar-refractivity contribution in [2.45, 2.75) is 33.7 Å². The van der Waals surface area contributed by atoms with Crippen LogP contribution in [0.4, 0.5) is 5.69 Å². The van der Waals surface area contributed by atoms with Gasteiger partial charge in [0.2, 0.25) is 5.91 Å². The first-order valence-corrected chi connectivity index (χ1v) is 8.44. The minimum absolute atomic E-state index is 0.0746. The third kappa shape index (κ3) is 5.69. The average Bonchev–Trinajstić information content (AvgIpc) is 2.54. The van der Waals surface area contributed by atoms with E-state index in [0.29, 0.717) is 29.5 Å². The summed E-state index contributed by atoms with van der Waals surface area (Å²) in [6.45, 7) is 8.56. The van der Waals surface area contributed by atoms with Gasteiger partial charge in [-0.15, -0.1) is 0 Å². The number of anilines is 1. The van der Waals surface area contributed by atoms with Gasteiger partial charge in [0.05, 0.1) is 10.9 Å². The summed E-state index contributed by atoms with van der Waals surface area (Å²) in [7, 11) is 0. The molecule has 0 bridgehead atoms. The van der Waals surface area contributed by atoms with Gasteiger partial charge in [-0.3, -0.25) is 9.59 Å². The Bertz CT molecular complexity index is 574. The first kappa shape index (κ1) is 20.3. The number of nitrogens with two attached hydrogens (primary N) is 1. The van der Waals surface area contributed by atoms with Gasteiger partial charge < -0.3 is 20.7 Å². The minimum atomic E-state index is -0.314. The molecule has 0 spiro atoms. The molecule has 1 aromatic rings. The van der Waals surface area contributed by atoms with E-state index in [1.54, 1.807) is 36.9 Å². The van der Waals surface area contributed by atoms with E-state index in [-0.39, 0.29) is 30.4 Å². The Morgan fingerprint density at radius 2 is 1.92 bits per heavy atom. The van der Waals surface area contributed by atoms with Crippen molar-refractivity contribution in [1.82, 2.24) is 4.90 Å². The maximum absolute atomic E-state index is 12.0. The second-order valence-electron chi connectivity index (χ2n) is 5.64. The highest BCUT2D eigenvalue weighted by Crippen LogP contribution is 2.28. The van der Waals surface area contributed by atoms with Crippen molar-refractivity contribution < 1.29 is 14.3 Å². The van der Waals surface area contributed by atoms with Crippen molar-refractivity contribution in [3.63, 3.8) is 0 Å². The molecule has 7 heteroatoms. The van der Waals surface area contributed by atoms with Crippen molar-refractivity contribution in [2.24, 2.45) is 11.7 Å². The van der Waals surface area contributed by atoms with Crippen LogP contribution in [-0.4, -0.2) is 42.5 Å². The van der Waals surface area contributed by atoms with Crippen LogP contribution in [0.5, 0.6) is 5.75 Å². The van der Waals surface area contributed by atoms with Gasteiger partial charge in [0.15, 0.2) is 6.61 Å². The summed E-state index contributed by atoms with van der Waals surface area (Å²) in [6.07, 6.45) is 0. The third-order valence-corrected chi connectivity index (χ3v) is 4.16. The van der Waals surface area contributed by atoms with Gasteiger partial charge in [0.1, 0.15) is 5.75 Å². The maximum atomic E-state index is 12.0. The molecule has 0 aliphatic heterocycles. The number of hydrogen-bond acceptors (Lipinski definition) is 4. The molecule has 24 heavy (non-hydrogen) atoms. The zero-order valence-corrected chi connectivity index (χ0v) is 15.4. The molecule has 0 saturated carbocycles. The number of amides is 2. The smallest absolute Gasteiger partial charge is 0.260 e. The standard InChI is InChI=1S/C17H26ClN3O3/c1-5-21(6-2)16(22)10-24-15-8-7-13(9-14(15)18)20-17(23)11(3)12(4)19/h7-9,11-12H,5-6,10,19H2,1-4H3,(H,20,23). The lowest BCUT2D eigenvalue weighted by Crippen LogP contribution is -2.34. The second kappa shape index (κ2) is 9.49. The monoisotopic (exact) mass is 355 g/mol. The molecule has 0 fully saturated rings. The molecule has 0 aliphatic carbocycles. The van der Waals surface area contributed by atoms with Gasteiger partial charge in [-0.1, -0.05) is 18.5 Å². The van der Waals surface area contributed by atoms with Crippen molar-refractivity contribution >= 4 is 29.1 Å². The summed E-state index contributed by atoms with van der Waals surface area (Å²) in [5, 5.41) is 3.09. The van der Waals surface area contributed by atoms with Gasteiger partial charge in [-0.25, -0.2) is 0 Å². The first-order valence-electron chi connectivity index (χ1n) is 8.06. The van der Waals surface area contributed by atoms with Gasteiger partial charge in [0, 0.05) is 24.8 Å². The zero-order valence-electron chi connectivity index (χ0n) is 14.6. The minimum Gasteiger partial charge on any atom is -0.482 e. The molecule has 0 heterocycles. The molecule has 2 amide bonds. The molecular weight excluding hydrogens is 330 g/mol. The highest BCUT2D eigenvalue weighted by atomic mass is 35.5. The molecule has 0 saturated heterocycles. The van der Waals surface area contributed by atoms with Crippen LogP contribution in [0.1, 0.15) is 27.7 Å². The summed E-state index contributed by atoms with van der Waals surface area (Å²) in [6, 6.07) is 4.65.